The third-order valence-electron chi connectivity index (χ3n) is 11.1. The van der Waals surface area contributed by atoms with E-state index >= 15 is 4.39 Å². The number of piperazine rings is 1. The largest absolute Gasteiger partial charge is 0.508 e. The number of ether oxygens (including phenoxy) is 2. The van der Waals surface area contributed by atoms with Crippen LogP contribution in [0.2, 0.25) is 5.02 Å². The number of hydrogen-bond donors (Lipinski definition) is 2. The molecule has 1 aromatic heterocycles. The molecule has 4 aromatic rings. The second kappa shape index (κ2) is 10.9. The van der Waals surface area contributed by atoms with Gasteiger partial charge in [0.2, 0.25) is 0 Å². The molecule has 2 N–H and O–H groups in total. The van der Waals surface area contributed by atoms with Crippen LogP contribution in [0.5, 0.6) is 11.8 Å². The first-order valence-corrected chi connectivity index (χ1v) is 17.1. The van der Waals surface area contributed by atoms with Gasteiger partial charge in [0.1, 0.15) is 17.1 Å². The lowest BCUT2D eigenvalue weighted by atomic mass is 9.91. The Kier molecular flexibility index (Phi) is 6.85. The van der Waals surface area contributed by atoms with Crippen molar-refractivity contribution in [3.63, 3.8) is 0 Å². The Bertz CT molecular complexity index is 1980. The number of phenols is 1. The Labute approximate surface area is 278 Å². The fourth-order valence-electron chi connectivity index (χ4n) is 8.47. The third-order valence-corrected chi connectivity index (χ3v) is 11.4. The molecule has 242 valence electrons. The van der Waals surface area contributed by atoms with E-state index in [2.05, 4.69) is 21.0 Å². The number of fused-ring (bicyclic) bond motifs is 6. The summed E-state index contributed by atoms with van der Waals surface area (Å²) < 4.78 is 29.4. The van der Waals surface area contributed by atoms with Gasteiger partial charge >= 0.3 is 6.01 Å². The third kappa shape index (κ3) is 5.00. The summed E-state index contributed by atoms with van der Waals surface area (Å²) in [7, 11) is 0. The molecule has 5 heterocycles. The molecule has 4 bridgehead atoms. The smallest absolute Gasteiger partial charge is 0.319 e. The lowest BCUT2D eigenvalue weighted by molar-refractivity contribution is 0.0176. The SMILES string of the molecule is C#Cc1c(C)ccc2cc(O)cc(-c3c(Cl)cc4c(N5CC6CCC(C5)N6)nc(OCC5(CN6C[C@@H]7C[C@H]6CO7)CC5)nc4c3F)c12. The van der Waals surface area contributed by atoms with Gasteiger partial charge in [-0.25, -0.2) is 4.39 Å². The van der Waals surface area contributed by atoms with E-state index in [1.165, 1.54) is 6.07 Å². The standard InChI is InChI=1S/C37H37ClFN5O3/c1-3-27-20(2)4-5-21-10-25(45)12-28(31(21)27)32-30(38)13-29-34(33(32)39)41-36(42-35(29)43-14-22-6-7-23(15-43)40-22)47-19-37(8-9-37)18-44-16-26-11-24(44)17-46-26/h1,4-5,10,12-13,22-24,26,40,45H,6-9,11,14-19H2,2H3/t22?,23?,24-,26-/m0/s1. The number of benzene rings is 3. The number of nitrogens with zero attached hydrogens (tertiary/aromatic N) is 4. The number of terminal acetylenes is 1. The maximum absolute atomic E-state index is 17.1. The van der Waals surface area contributed by atoms with Crippen LogP contribution in [-0.4, -0.2) is 83.6 Å². The summed E-state index contributed by atoms with van der Waals surface area (Å²) in [5.74, 6) is 2.81. The summed E-state index contributed by atoms with van der Waals surface area (Å²) in [6.45, 7) is 6.67. The average molecular weight is 654 g/mol. The Morgan fingerprint density at radius 3 is 2.68 bits per heavy atom. The van der Waals surface area contributed by atoms with E-state index in [0.29, 0.717) is 63.9 Å². The molecule has 4 saturated heterocycles. The van der Waals surface area contributed by atoms with E-state index < -0.39 is 5.82 Å². The molecule has 4 atom stereocenters. The van der Waals surface area contributed by atoms with Crippen molar-refractivity contribution in [1.82, 2.24) is 20.2 Å². The van der Waals surface area contributed by atoms with Crippen LogP contribution in [0.25, 0.3) is 32.8 Å². The van der Waals surface area contributed by atoms with Gasteiger partial charge in [0.15, 0.2) is 5.82 Å². The van der Waals surface area contributed by atoms with E-state index in [-0.39, 0.29) is 33.3 Å². The van der Waals surface area contributed by atoms with Gasteiger partial charge < -0.3 is 24.8 Å². The van der Waals surface area contributed by atoms with Crippen molar-refractivity contribution in [2.45, 2.75) is 63.3 Å². The molecule has 8 nitrogen and oxygen atoms in total. The van der Waals surface area contributed by atoms with Crippen molar-refractivity contribution in [3.05, 3.63) is 52.3 Å². The van der Waals surface area contributed by atoms with Gasteiger partial charge in [-0.2, -0.15) is 9.97 Å². The quantitative estimate of drug-likeness (QED) is 0.242. The first-order valence-electron chi connectivity index (χ1n) is 16.7. The van der Waals surface area contributed by atoms with Crippen LogP contribution in [0.4, 0.5) is 10.2 Å². The summed E-state index contributed by atoms with van der Waals surface area (Å²) in [5.41, 5.74) is 2.25. The van der Waals surface area contributed by atoms with E-state index in [1.54, 1.807) is 12.1 Å². The lowest BCUT2D eigenvalue weighted by Gasteiger charge is -2.34. The molecule has 2 unspecified atom stereocenters. The highest BCUT2D eigenvalue weighted by molar-refractivity contribution is 6.35. The molecule has 5 fully saturated rings. The van der Waals surface area contributed by atoms with Gasteiger partial charge in [-0.05, 0) is 73.7 Å². The van der Waals surface area contributed by atoms with Gasteiger partial charge in [0.25, 0.3) is 0 Å². The average Bonchev–Trinajstić information content (AvgIpc) is 3.32. The highest BCUT2D eigenvalue weighted by atomic mass is 35.5. The van der Waals surface area contributed by atoms with Crippen LogP contribution in [0.1, 0.15) is 43.2 Å². The number of nitrogens with one attached hydrogen (secondary N) is 1. The lowest BCUT2D eigenvalue weighted by Crippen LogP contribution is -2.51. The first kappa shape index (κ1) is 29.5. The summed E-state index contributed by atoms with van der Waals surface area (Å²) in [6.07, 6.45) is 11.8. The Morgan fingerprint density at radius 2 is 1.98 bits per heavy atom. The zero-order valence-corrected chi connectivity index (χ0v) is 27.1. The van der Waals surface area contributed by atoms with Crippen molar-refractivity contribution in [1.29, 1.82) is 0 Å². The molecule has 0 radical (unpaired) electrons. The van der Waals surface area contributed by atoms with Crippen LogP contribution < -0.4 is 15.0 Å². The van der Waals surface area contributed by atoms with E-state index in [0.717, 1.165) is 70.5 Å². The highest BCUT2D eigenvalue weighted by Crippen LogP contribution is 2.49. The molecule has 9 rings (SSSR count). The number of likely N-dealkylation sites (tertiary alicyclic amines) is 1. The highest BCUT2D eigenvalue weighted by Gasteiger charge is 2.49. The van der Waals surface area contributed by atoms with Gasteiger partial charge in [0, 0.05) is 71.6 Å². The second-order valence-electron chi connectivity index (χ2n) is 14.4. The number of aryl methyl sites for hydroxylation is 1. The number of anilines is 1. The molecule has 0 amide bonds. The molecule has 1 aliphatic carbocycles. The molecule has 5 aliphatic rings. The summed E-state index contributed by atoms with van der Waals surface area (Å²) in [5, 5.41) is 16.5. The number of rotatable bonds is 7. The van der Waals surface area contributed by atoms with Gasteiger partial charge in [-0.1, -0.05) is 29.7 Å². The van der Waals surface area contributed by atoms with Crippen LogP contribution in [0.15, 0.2) is 30.3 Å². The zero-order valence-electron chi connectivity index (χ0n) is 26.4. The second-order valence-corrected chi connectivity index (χ2v) is 14.8. The number of morpholine rings is 1. The minimum Gasteiger partial charge on any atom is -0.508 e. The van der Waals surface area contributed by atoms with Crippen molar-refractivity contribution < 1.29 is 19.0 Å². The molecule has 4 aliphatic heterocycles. The Hall–Kier alpha value is -3.68. The minimum absolute atomic E-state index is 0.00824. The van der Waals surface area contributed by atoms with Crippen molar-refractivity contribution in [3.8, 4) is 35.2 Å². The molecular formula is C37H37ClFN5O3. The normalized spacial score (nSPS) is 26.0. The molecule has 3 aromatic carbocycles. The summed E-state index contributed by atoms with van der Waals surface area (Å²) in [4.78, 5) is 14.5. The molecule has 10 heteroatoms. The van der Waals surface area contributed by atoms with E-state index in [1.807, 2.05) is 19.1 Å². The van der Waals surface area contributed by atoms with Crippen LogP contribution in [0.3, 0.4) is 0 Å². The molecule has 0 spiro atoms. The minimum atomic E-state index is -0.593. The van der Waals surface area contributed by atoms with Crippen molar-refractivity contribution in [2.75, 3.05) is 44.3 Å². The number of aromatic nitrogens is 2. The maximum Gasteiger partial charge on any atom is 0.319 e. The van der Waals surface area contributed by atoms with E-state index in [4.69, 9.17) is 37.5 Å². The first-order chi connectivity index (χ1) is 22.8. The van der Waals surface area contributed by atoms with Gasteiger partial charge in [0.05, 0.1) is 24.3 Å². The van der Waals surface area contributed by atoms with Gasteiger partial charge in [-0.3, -0.25) is 4.90 Å². The summed E-state index contributed by atoms with van der Waals surface area (Å²) >= 11 is 6.98. The van der Waals surface area contributed by atoms with Crippen molar-refractivity contribution in [2.24, 2.45) is 5.41 Å². The van der Waals surface area contributed by atoms with Gasteiger partial charge in [-0.15, -0.1) is 6.42 Å². The number of aromatic hydroxyl groups is 1. The fraction of sp³-hybridized carbons (Fsp3) is 0.459. The molecule has 47 heavy (non-hydrogen) atoms. The monoisotopic (exact) mass is 653 g/mol. The van der Waals surface area contributed by atoms with Crippen LogP contribution >= 0.6 is 11.6 Å². The summed E-state index contributed by atoms with van der Waals surface area (Å²) in [6, 6.07) is 10.1. The number of hydrogen-bond acceptors (Lipinski definition) is 8. The zero-order chi connectivity index (χ0) is 32.0. The molecule has 1 saturated carbocycles. The number of phenolic OH excluding ortho intramolecular Hbond substituents is 1. The van der Waals surface area contributed by atoms with Crippen LogP contribution in [-0.2, 0) is 4.74 Å². The van der Waals surface area contributed by atoms with Crippen molar-refractivity contribution >= 4 is 39.1 Å². The predicted octanol–water partition coefficient (Wildman–Crippen LogP) is 5.81. The number of halogens is 2. The van der Waals surface area contributed by atoms with Crippen LogP contribution in [0, 0.1) is 30.5 Å². The van der Waals surface area contributed by atoms with E-state index in [9.17, 15) is 5.11 Å². The molecular weight excluding hydrogens is 617 g/mol. The maximum atomic E-state index is 17.1. The predicted molar refractivity (Wildman–Crippen MR) is 181 cm³/mol. The Morgan fingerprint density at radius 1 is 1.17 bits per heavy atom. The fourth-order valence-corrected chi connectivity index (χ4v) is 8.76. The Balaban J connectivity index is 1.15. The topological polar surface area (TPSA) is 83.0 Å².